The number of nitrogens with two attached hydrogens (primary N) is 1. The molecule has 4 atom stereocenters. The molecule has 306 valence electrons. The van der Waals surface area contributed by atoms with Gasteiger partial charge in [0.25, 0.3) is 0 Å². The Morgan fingerprint density at radius 3 is 2.05 bits per heavy atom. The van der Waals surface area contributed by atoms with Gasteiger partial charge in [0, 0.05) is 44.0 Å². The van der Waals surface area contributed by atoms with E-state index in [0.717, 1.165) is 41.9 Å². The van der Waals surface area contributed by atoms with Gasteiger partial charge in [0.15, 0.2) is 0 Å². The first kappa shape index (κ1) is 43.7. The quantitative estimate of drug-likeness (QED) is 0.0780. The Balaban J connectivity index is 1.22. The maximum atomic E-state index is 13.7. The zero-order valence-electron chi connectivity index (χ0n) is 32.7. The van der Waals surface area contributed by atoms with Gasteiger partial charge in [-0.15, -0.1) is 0 Å². The SMILES string of the molecule is COc1ccc(CCN(CC(=O)N(CCc2ccc(OC)cc2)CC(=O)N[C@@H](CCCCNC(=O)CCCCC2SC[C@H]3NC(=O)N[C@@H]23)C(N)=O)C(C)=O)cc1. The highest BCUT2D eigenvalue weighted by Crippen LogP contribution is 2.33. The summed E-state index contributed by atoms with van der Waals surface area (Å²) in [5, 5.41) is 11.9. The van der Waals surface area contributed by atoms with Crippen LogP contribution < -0.4 is 36.5 Å². The molecule has 16 heteroatoms. The van der Waals surface area contributed by atoms with Crippen molar-refractivity contribution in [3.05, 3.63) is 59.7 Å². The topological polar surface area (TPSA) is 202 Å². The summed E-state index contributed by atoms with van der Waals surface area (Å²) in [6.45, 7) is 1.78. The third-order valence-corrected chi connectivity index (χ3v) is 11.6. The van der Waals surface area contributed by atoms with Gasteiger partial charge in [-0.2, -0.15) is 11.8 Å². The van der Waals surface area contributed by atoms with Crippen LogP contribution in [-0.2, 0) is 36.8 Å². The molecule has 2 aromatic carbocycles. The molecule has 4 rings (SSSR count). The maximum Gasteiger partial charge on any atom is 0.315 e. The van der Waals surface area contributed by atoms with Crippen LogP contribution >= 0.6 is 11.8 Å². The van der Waals surface area contributed by atoms with Crippen molar-refractivity contribution in [1.82, 2.24) is 31.1 Å². The van der Waals surface area contributed by atoms with Crippen LogP contribution in [0.15, 0.2) is 48.5 Å². The molecule has 0 spiro atoms. The maximum absolute atomic E-state index is 13.7. The molecule has 0 aromatic heterocycles. The van der Waals surface area contributed by atoms with Gasteiger partial charge in [0.1, 0.15) is 17.5 Å². The fourth-order valence-corrected chi connectivity index (χ4v) is 8.32. The van der Waals surface area contributed by atoms with E-state index < -0.39 is 23.8 Å². The molecule has 1 unspecified atom stereocenters. The number of primary amides is 1. The Kier molecular flexibility index (Phi) is 17.6. The van der Waals surface area contributed by atoms with E-state index in [2.05, 4.69) is 21.3 Å². The summed E-state index contributed by atoms with van der Waals surface area (Å²) in [5.74, 6) is 0.362. The first-order valence-corrected chi connectivity index (χ1v) is 20.3. The van der Waals surface area contributed by atoms with Crippen molar-refractivity contribution in [2.45, 2.75) is 88.1 Å². The number of thioether (sulfide) groups is 1. The molecule has 7 amide bonds. The van der Waals surface area contributed by atoms with Gasteiger partial charge in [0.2, 0.25) is 29.5 Å². The molecular formula is C40H57N7O8S. The number of unbranched alkanes of at least 4 members (excludes halogenated alkanes) is 2. The van der Waals surface area contributed by atoms with Gasteiger partial charge in [-0.1, -0.05) is 30.7 Å². The number of nitrogens with one attached hydrogen (secondary N) is 4. The molecule has 2 heterocycles. The second kappa shape index (κ2) is 22.5. The number of hydrogen-bond acceptors (Lipinski definition) is 9. The second-order valence-electron chi connectivity index (χ2n) is 14.2. The molecule has 2 saturated heterocycles. The standard InChI is InChI=1S/C40H57N7O8S/c1-27(48)46(22-19-28-11-15-30(54-2)16-12-28)25-37(51)47(23-20-29-13-17-31(55-3)18-14-29)24-36(50)43-32(39(41)52)8-6-7-21-42-35(49)10-5-4-9-34-38-33(26-56-34)44-40(53)45-38/h11-18,32-34,38H,4-10,19-26H2,1-3H3,(H2,41,52)(H,42,49)(H,43,50)(H2,44,45,53)/t32-,33+,34?,38+/m0/s1. The third kappa shape index (κ3) is 14.3. The Labute approximate surface area is 333 Å². The zero-order valence-corrected chi connectivity index (χ0v) is 33.5. The number of methoxy groups -OCH3 is 2. The van der Waals surface area contributed by atoms with Crippen molar-refractivity contribution in [2.24, 2.45) is 5.73 Å². The monoisotopic (exact) mass is 795 g/mol. The largest absolute Gasteiger partial charge is 0.497 e. The number of carbonyl (C=O) groups is 6. The molecule has 0 bridgehead atoms. The van der Waals surface area contributed by atoms with Gasteiger partial charge >= 0.3 is 6.03 Å². The lowest BCUT2D eigenvalue weighted by molar-refractivity contribution is -0.141. The summed E-state index contributed by atoms with van der Waals surface area (Å²) >= 11 is 1.86. The van der Waals surface area contributed by atoms with Crippen LogP contribution in [-0.4, -0.2) is 121 Å². The predicted molar refractivity (Wildman–Crippen MR) is 214 cm³/mol. The van der Waals surface area contributed by atoms with Crippen LogP contribution in [0.1, 0.15) is 63.0 Å². The van der Waals surface area contributed by atoms with Gasteiger partial charge < -0.3 is 46.3 Å². The fourth-order valence-electron chi connectivity index (χ4n) is 6.78. The van der Waals surface area contributed by atoms with Crippen LogP contribution in [0.25, 0.3) is 0 Å². The zero-order chi connectivity index (χ0) is 40.5. The fraction of sp³-hybridized carbons (Fsp3) is 0.550. The average molecular weight is 796 g/mol. The minimum absolute atomic E-state index is 0.0407. The van der Waals surface area contributed by atoms with E-state index in [1.807, 2.05) is 60.3 Å². The van der Waals surface area contributed by atoms with Crippen LogP contribution in [0.4, 0.5) is 4.79 Å². The molecular weight excluding hydrogens is 739 g/mol. The minimum Gasteiger partial charge on any atom is -0.497 e. The van der Waals surface area contributed by atoms with Crippen molar-refractivity contribution in [2.75, 3.05) is 52.7 Å². The van der Waals surface area contributed by atoms with Crippen molar-refractivity contribution in [3.8, 4) is 11.5 Å². The second-order valence-corrected chi connectivity index (χ2v) is 15.5. The molecule has 2 aliphatic heterocycles. The third-order valence-electron chi connectivity index (χ3n) is 10.1. The number of ether oxygens (including phenoxy) is 2. The molecule has 15 nitrogen and oxygen atoms in total. The van der Waals surface area contributed by atoms with E-state index in [1.54, 1.807) is 14.2 Å². The van der Waals surface area contributed by atoms with Crippen molar-refractivity contribution < 1.29 is 38.2 Å². The number of benzene rings is 2. The van der Waals surface area contributed by atoms with Crippen LogP contribution in [0.5, 0.6) is 11.5 Å². The number of urea groups is 1. The molecule has 6 N–H and O–H groups in total. The van der Waals surface area contributed by atoms with E-state index in [1.165, 1.54) is 16.7 Å². The Bertz CT molecular complexity index is 1630. The highest BCUT2D eigenvalue weighted by atomic mass is 32.2. The number of hydrogen-bond donors (Lipinski definition) is 5. The Morgan fingerprint density at radius 1 is 0.839 bits per heavy atom. The Morgan fingerprint density at radius 2 is 1.46 bits per heavy atom. The number of fused-ring (bicyclic) bond motifs is 1. The molecule has 0 aliphatic carbocycles. The number of amides is 7. The molecule has 0 radical (unpaired) electrons. The van der Waals surface area contributed by atoms with Crippen molar-refractivity contribution in [3.63, 3.8) is 0 Å². The van der Waals surface area contributed by atoms with Crippen molar-refractivity contribution >= 4 is 47.3 Å². The first-order chi connectivity index (χ1) is 26.9. The lowest BCUT2D eigenvalue weighted by Gasteiger charge is -2.27. The van der Waals surface area contributed by atoms with Crippen LogP contribution in [0, 0.1) is 0 Å². The molecule has 0 saturated carbocycles. The summed E-state index contributed by atoms with van der Waals surface area (Å²) in [6, 6.07) is 14.2. The normalized spacial score (nSPS) is 17.5. The molecule has 56 heavy (non-hydrogen) atoms. The van der Waals surface area contributed by atoms with E-state index in [0.29, 0.717) is 56.2 Å². The Hall–Kier alpha value is -4.99. The first-order valence-electron chi connectivity index (χ1n) is 19.3. The van der Waals surface area contributed by atoms with E-state index in [-0.39, 0.29) is 56.0 Å². The number of nitrogens with zero attached hydrogens (tertiary/aromatic N) is 2. The lowest BCUT2D eigenvalue weighted by atomic mass is 10.0. The molecule has 2 fully saturated rings. The number of carbonyl (C=O) groups excluding carboxylic acids is 6. The summed E-state index contributed by atoms with van der Waals surface area (Å²) in [5.41, 5.74) is 7.55. The minimum atomic E-state index is -0.956. The molecule has 2 aliphatic rings. The highest BCUT2D eigenvalue weighted by Gasteiger charge is 2.42. The van der Waals surface area contributed by atoms with Gasteiger partial charge in [0.05, 0.1) is 39.4 Å². The van der Waals surface area contributed by atoms with Crippen LogP contribution in [0.3, 0.4) is 0 Å². The van der Waals surface area contributed by atoms with Gasteiger partial charge in [-0.3, -0.25) is 24.0 Å². The molecule has 2 aromatic rings. The lowest BCUT2D eigenvalue weighted by Crippen LogP contribution is -2.51. The highest BCUT2D eigenvalue weighted by molar-refractivity contribution is 8.00. The smallest absolute Gasteiger partial charge is 0.315 e. The van der Waals surface area contributed by atoms with Gasteiger partial charge in [-0.25, -0.2) is 4.79 Å². The summed E-state index contributed by atoms with van der Waals surface area (Å²) in [7, 11) is 3.16. The summed E-state index contributed by atoms with van der Waals surface area (Å²) in [6.07, 6.45) is 5.36. The van der Waals surface area contributed by atoms with E-state index >= 15 is 0 Å². The van der Waals surface area contributed by atoms with Crippen LogP contribution in [0.2, 0.25) is 0 Å². The van der Waals surface area contributed by atoms with E-state index in [4.69, 9.17) is 15.2 Å². The van der Waals surface area contributed by atoms with E-state index in [9.17, 15) is 28.8 Å². The summed E-state index contributed by atoms with van der Waals surface area (Å²) < 4.78 is 10.5. The van der Waals surface area contributed by atoms with Gasteiger partial charge in [-0.05, 0) is 80.3 Å². The predicted octanol–water partition coefficient (Wildman–Crippen LogP) is 2.15. The van der Waals surface area contributed by atoms with Crippen molar-refractivity contribution in [1.29, 1.82) is 0 Å². The average Bonchev–Trinajstić information content (AvgIpc) is 3.74. The number of rotatable bonds is 24. The summed E-state index contributed by atoms with van der Waals surface area (Å²) in [4.78, 5) is 78.7.